The van der Waals surface area contributed by atoms with Crippen LogP contribution in [0.5, 0.6) is 11.5 Å². The molecule has 0 spiro atoms. The summed E-state index contributed by atoms with van der Waals surface area (Å²) in [7, 11) is 6.29. The largest absolute Gasteiger partial charge is 0.419 e. The molecule has 206 valence electrons. The van der Waals surface area contributed by atoms with E-state index in [1.165, 1.54) is 0 Å². The SMILES string of the molecule is COC[C@H]1O[C@@H](c2ccc(OC(=O)c3ccccc3)c(OC(=O)c3ccccc3)c2)[C@H](OC)[C@@H](OC)[C@@H]1OC. The molecule has 39 heavy (non-hydrogen) atoms. The van der Waals surface area contributed by atoms with Gasteiger partial charge < -0.3 is 33.2 Å². The minimum absolute atomic E-state index is 0.0511. The highest BCUT2D eigenvalue weighted by Gasteiger charge is 2.47. The maximum Gasteiger partial charge on any atom is 0.343 e. The van der Waals surface area contributed by atoms with Crippen molar-refractivity contribution in [3.63, 3.8) is 0 Å². The van der Waals surface area contributed by atoms with Gasteiger partial charge in [0.05, 0.1) is 17.7 Å². The van der Waals surface area contributed by atoms with Crippen molar-refractivity contribution < 1.29 is 42.7 Å². The van der Waals surface area contributed by atoms with Gasteiger partial charge in [-0.05, 0) is 42.0 Å². The van der Waals surface area contributed by atoms with Crippen molar-refractivity contribution in [3.8, 4) is 11.5 Å². The molecule has 0 amide bonds. The first-order valence-electron chi connectivity index (χ1n) is 12.4. The lowest BCUT2D eigenvalue weighted by atomic mass is 9.90. The summed E-state index contributed by atoms with van der Waals surface area (Å²) in [5.41, 5.74) is 1.32. The van der Waals surface area contributed by atoms with Gasteiger partial charge in [-0.25, -0.2) is 9.59 Å². The molecule has 0 saturated carbocycles. The molecule has 4 rings (SSSR count). The minimum Gasteiger partial charge on any atom is -0.419 e. The number of esters is 2. The van der Waals surface area contributed by atoms with Gasteiger partial charge in [0.15, 0.2) is 11.5 Å². The number of carbonyl (C=O) groups is 2. The highest BCUT2D eigenvalue weighted by molar-refractivity contribution is 5.93. The second kappa shape index (κ2) is 13.5. The molecule has 0 aromatic heterocycles. The Bertz CT molecular complexity index is 1230. The molecule has 9 nitrogen and oxygen atoms in total. The molecule has 1 saturated heterocycles. The van der Waals surface area contributed by atoms with Crippen LogP contribution in [0.3, 0.4) is 0 Å². The number of rotatable bonds is 10. The summed E-state index contributed by atoms with van der Waals surface area (Å²) in [5, 5.41) is 0. The molecule has 0 radical (unpaired) electrons. The van der Waals surface area contributed by atoms with Gasteiger partial charge in [-0.15, -0.1) is 0 Å². The van der Waals surface area contributed by atoms with Crippen LogP contribution < -0.4 is 9.47 Å². The number of ether oxygens (including phenoxy) is 7. The summed E-state index contributed by atoms with van der Waals surface area (Å²) in [5.74, 6) is -1.07. The number of hydrogen-bond acceptors (Lipinski definition) is 9. The molecule has 3 aromatic rings. The van der Waals surface area contributed by atoms with Crippen LogP contribution in [0.4, 0.5) is 0 Å². The van der Waals surface area contributed by atoms with E-state index in [1.807, 2.05) is 0 Å². The quantitative estimate of drug-likeness (QED) is 0.278. The van der Waals surface area contributed by atoms with E-state index in [9.17, 15) is 9.59 Å². The predicted octanol–water partition coefficient (Wildman–Crippen LogP) is 4.26. The average molecular weight is 537 g/mol. The van der Waals surface area contributed by atoms with Gasteiger partial charge in [0.25, 0.3) is 0 Å². The van der Waals surface area contributed by atoms with Gasteiger partial charge in [0, 0.05) is 28.4 Å². The molecule has 1 fully saturated rings. The molecule has 0 bridgehead atoms. The fourth-order valence-electron chi connectivity index (χ4n) is 4.62. The Morgan fingerprint density at radius 3 is 1.72 bits per heavy atom. The van der Waals surface area contributed by atoms with Crippen LogP contribution in [0.25, 0.3) is 0 Å². The molecule has 0 unspecified atom stereocenters. The Labute approximate surface area is 227 Å². The van der Waals surface area contributed by atoms with Crippen molar-refractivity contribution in [2.24, 2.45) is 0 Å². The smallest absolute Gasteiger partial charge is 0.343 e. The topological polar surface area (TPSA) is 98.8 Å². The van der Waals surface area contributed by atoms with E-state index in [2.05, 4.69) is 0 Å². The van der Waals surface area contributed by atoms with Crippen LogP contribution in [-0.2, 0) is 23.7 Å². The van der Waals surface area contributed by atoms with E-state index in [0.29, 0.717) is 16.7 Å². The number of carbonyl (C=O) groups excluding carboxylic acids is 2. The van der Waals surface area contributed by atoms with Gasteiger partial charge in [-0.3, -0.25) is 0 Å². The zero-order chi connectivity index (χ0) is 27.8. The summed E-state index contributed by atoms with van der Waals surface area (Å²) in [6.07, 6.45) is -2.60. The second-order valence-corrected chi connectivity index (χ2v) is 8.87. The molecule has 0 aliphatic carbocycles. The van der Waals surface area contributed by atoms with Crippen LogP contribution in [0, 0.1) is 0 Å². The van der Waals surface area contributed by atoms with Crippen molar-refractivity contribution in [2.45, 2.75) is 30.5 Å². The molecule has 0 N–H and O–H groups in total. The number of methoxy groups -OCH3 is 4. The van der Waals surface area contributed by atoms with E-state index < -0.39 is 42.5 Å². The summed E-state index contributed by atoms with van der Waals surface area (Å²) in [6.45, 7) is 0.258. The summed E-state index contributed by atoms with van der Waals surface area (Å²) >= 11 is 0. The standard InChI is InChI=1S/C30H32O9/c1-33-18-24-26(34-2)28(36-4)27(35-3)25(37-24)21-15-16-22(38-29(31)19-11-7-5-8-12-19)23(17-21)39-30(32)20-13-9-6-10-14-20/h5-17,24-28H,18H2,1-4H3/t24-,25+,26-,27+,28+/m1/s1. The predicted molar refractivity (Wildman–Crippen MR) is 141 cm³/mol. The fourth-order valence-corrected chi connectivity index (χ4v) is 4.62. The van der Waals surface area contributed by atoms with Gasteiger partial charge in [0.1, 0.15) is 30.5 Å². The van der Waals surface area contributed by atoms with E-state index in [0.717, 1.165) is 0 Å². The Hall–Kier alpha value is -3.60. The minimum atomic E-state index is -0.639. The average Bonchev–Trinajstić information content (AvgIpc) is 2.98. The third kappa shape index (κ3) is 6.52. The van der Waals surface area contributed by atoms with Crippen LogP contribution in [0.15, 0.2) is 78.9 Å². The van der Waals surface area contributed by atoms with Gasteiger partial charge in [-0.2, -0.15) is 0 Å². The van der Waals surface area contributed by atoms with Gasteiger partial charge in [-0.1, -0.05) is 42.5 Å². The number of benzene rings is 3. The van der Waals surface area contributed by atoms with Crippen LogP contribution in [0.1, 0.15) is 32.4 Å². The Morgan fingerprint density at radius 2 is 1.21 bits per heavy atom. The second-order valence-electron chi connectivity index (χ2n) is 8.87. The van der Waals surface area contributed by atoms with E-state index in [-0.39, 0.29) is 18.1 Å². The summed E-state index contributed by atoms with van der Waals surface area (Å²) < 4.78 is 40.4. The highest BCUT2D eigenvalue weighted by atomic mass is 16.6. The van der Waals surface area contributed by atoms with Crippen LogP contribution >= 0.6 is 0 Å². The molecular weight excluding hydrogens is 504 g/mol. The molecular formula is C30H32O9. The van der Waals surface area contributed by atoms with Crippen molar-refractivity contribution >= 4 is 11.9 Å². The van der Waals surface area contributed by atoms with Crippen molar-refractivity contribution in [3.05, 3.63) is 95.6 Å². The van der Waals surface area contributed by atoms with Crippen LogP contribution in [0.2, 0.25) is 0 Å². The third-order valence-corrected chi connectivity index (χ3v) is 6.50. The van der Waals surface area contributed by atoms with Crippen molar-refractivity contribution in [2.75, 3.05) is 35.0 Å². The first-order valence-corrected chi connectivity index (χ1v) is 12.4. The molecule has 1 aliphatic heterocycles. The van der Waals surface area contributed by atoms with Crippen molar-refractivity contribution in [1.82, 2.24) is 0 Å². The van der Waals surface area contributed by atoms with Crippen molar-refractivity contribution in [1.29, 1.82) is 0 Å². The first kappa shape index (κ1) is 28.4. The normalized spacial score (nSPS) is 22.7. The molecule has 9 heteroatoms. The lowest BCUT2D eigenvalue weighted by molar-refractivity contribution is -0.252. The maximum absolute atomic E-state index is 13.0. The lowest BCUT2D eigenvalue weighted by Crippen LogP contribution is -2.57. The van der Waals surface area contributed by atoms with E-state index in [4.69, 9.17) is 33.2 Å². The first-order chi connectivity index (χ1) is 19.0. The third-order valence-electron chi connectivity index (χ3n) is 6.50. The van der Waals surface area contributed by atoms with Gasteiger partial charge >= 0.3 is 11.9 Å². The maximum atomic E-state index is 13.0. The Kier molecular flexibility index (Phi) is 9.80. The Morgan fingerprint density at radius 1 is 0.667 bits per heavy atom. The number of hydrogen-bond donors (Lipinski definition) is 0. The molecule has 3 aromatic carbocycles. The van der Waals surface area contributed by atoms with Gasteiger partial charge in [0.2, 0.25) is 0 Å². The van der Waals surface area contributed by atoms with Crippen LogP contribution in [-0.4, -0.2) is 71.4 Å². The summed E-state index contributed by atoms with van der Waals surface area (Å²) in [6, 6.07) is 22.0. The molecule has 1 heterocycles. The molecule has 5 atom stereocenters. The summed E-state index contributed by atoms with van der Waals surface area (Å²) in [4.78, 5) is 25.8. The Balaban J connectivity index is 1.71. The highest BCUT2D eigenvalue weighted by Crippen LogP contribution is 2.40. The van der Waals surface area contributed by atoms with E-state index >= 15 is 0 Å². The lowest BCUT2D eigenvalue weighted by Gasteiger charge is -2.45. The molecule has 1 aliphatic rings. The fraction of sp³-hybridized carbons (Fsp3) is 0.333. The monoisotopic (exact) mass is 536 g/mol. The zero-order valence-electron chi connectivity index (χ0n) is 22.3. The zero-order valence-corrected chi connectivity index (χ0v) is 22.3. The van der Waals surface area contributed by atoms with E-state index in [1.54, 1.807) is 107 Å².